The van der Waals surface area contributed by atoms with Crippen molar-refractivity contribution in [3.63, 3.8) is 0 Å². The summed E-state index contributed by atoms with van der Waals surface area (Å²) in [6.45, 7) is 0. The highest BCUT2D eigenvalue weighted by Gasteiger charge is 2.28. The maximum absolute atomic E-state index is 11.7. The Kier molecular flexibility index (Phi) is 2.70. The van der Waals surface area contributed by atoms with Crippen LogP contribution in [0.2, 0.25) is 0 Å². The molecule has 3 rings (SSSR count). The Hall–Kier alpha value is -2.37. The number of nitrogens with one attached hydrogen (secondary N) is 2. The number of pyridine rings is 1. The molecule has 3 heterocycles. The minimum absolute atomic E-state index is 0.00145. The monoisotopic (exact) mass is 257 g/mol. The zero-order chi connectivity index (χ0) is 13.4. The van der Waals surface area contributed by atoms with E-state index in [1.54, 1.807) is 6.20 Å². The van der Waals surface area contributed by atoms with Crippen LogP contribution in [0.15, 0.2) is 24.5 Å². The van der Waals surface area contributed by atoms with Crippen molar-refractivity contribution in [1.82, 2.24) is 15.2 Å². The van der Waals surface area contributed by atoms with Gasteiger partial charge in [-0.3, -0.25) is 9.89 Å². The summed E-state index contributed by atoms with van der Waals surface area (Å²) in [5, 5.41) is 9.58. The van der Waals surface area contributed by atoms with Gasteiger partial charge in [-0.15, -0.1) is 0 Å². The van der Waals surface area contributed by atoms with E-state index in [1.807, 2.05) is 37.3 Å². The van der Waals surface area contributed by atoms with Crippen molar-refractivity contribution >= 4 is 17.5 Å². The van der Waals surface area contributed by atoms with E-state index in [0.717, 1.165) is 16.9 Å². The van der Waals surface area contributed by atoms with E-state index in [2.05, 4.69) is 20.5 Å². The Labute approximate surface area is 110 Å². The van der Waals surface area contributed by atoms with Crippen molar-refractivity contribution < 1.29 is 4.79 Å². The second-order valence-electron chi connectivity index (χ2n) is 4.85. The maximum Gasteiger partial charge on any atom is 0.226 e. The van der Waals surface area contributed by atoms with Gasteiger partial charge in [0.2, 0.25) is 5.91 Å². The van der Waals surface area contributed by atoms with E-state index in [1.165, 1.54) is 0 Å². The minimum Gasteiger partial charge on any atom is -0.363 e. The van der Waals surface area contributed by atoms with E-state index in [0.29, 0.717) is 12.2 Å². The molecule has 2 N–H and O–H groups in total. The first-order valence-electron chi connectivity index (χ1n) is 6.11. The van der Waals surface area contributed by atoms with Gasteiger partial charge < -0.3 is 10.2 Å². The third-order valence-corrected chi connectivity index (χ3v) is 3.33. The zero-order valence-corrected chi connectivity index (χ0v) is 10.8. The Balaban J connectivity index is 1.96. The van der Waals surface area contributed by atoms with Gasteiger partial charge >= 0.3 is 0 Å². The van der Waals surface area contributed by atoms with Crippen LogP contribution in [0.4, 0.5) is 11.6 Å². The van der Waals surface area contributed by atoms with Gasteiger partial charge in [-0.25, -0.2) is 4.98 Å². The highest BCUT2D eigenvalue weighted by Crippen LogP contribution is 2.35. The van der Waals surface area contributed by atoms with Crippen molar-refractivity contribution in [3.05, 3.63) is 35.7 Å². The molecule has 0 fully saturated rings. The van der Waals surface area contributed by atoms with Crippen molar-refractivity contribution in [3.8, 4) is 0 Å². The summed E-state index contributed by atoms with van der Waals surface area (Å²) < 4.78 is 0. The van der Waals surface area contributed by atoms with Gasteiger partial charge in [-0.05, 0) is 11.6 Å². The number of anilines is 2. The molecule has 6 nitrogen and oxygen atoms in total. The molecule has 0 radical (unpaired) electrons. The van der Waals surface area contributed by atoms with Gasteiger partial charge in [0, 0.05) is 38.2 Å². The fourth-order valence-corrected chi connectivity index (χ4v) is 2.31. The number of H-pyrrole nitrogens is 1. The fraction of sp³-hybridized carbons (Fsp3) is 0.308. The number of nitrogens with zero attached hydrogens (tertiary/aromatic N) is 3. The molecule has 0 aromatic carbocycles. The summed E-state index contributed by atoms with van der Waals surface area (Å²) in [6, 6.07) is 3.98. The van der Waals surface area contributed by atoms with E-state index in [4.69, 9.17) is 0 Å². The molecule has 6 heteroatoms. The fourth-order valence-electron chi connectivity index (χ4n) is 2.31. The molecular formula is C13H15N5O. The van der Waals surface area contributed by atoms with Crippen LogP contribution in [0.5, 0.6) is 0 Å². The summed E-state index contributed by atoms with van der Waals surface area (Å²) in [6.07, 6.45) is 4.02. The predicted octanol–water partition coefficient (Wildman–Crippen LogP) is 1.34. The molecule has 98 valence electrons. The highest BCUT2D eigenvalue weighted by molar-refractivity contribution is 5.94. The molecule has 1 aliphatic rings. The predicted molar refractivity (Wildman–Crippen MR) is 72.2 cm³/mol. The Morgan fingerprint density at radius 1 is 1.32 bits per heavy atom. The number of hydrogen-bond donors (Lipinski definition) is 2. The quantitative estimate of drug-likeness (QED) is 0.851. The van der Waals surface area contributed by atoms with Gasteiger partial charge in [0.15, 0.2) is 0 Å². The molecular weight excluding hydrogens is 242 g/mol. The molecule has 1 atom stereocenters. The van der Waals surface area contributed by atoms with Gasteiger partial charge in [0.05, 0.1) is 6.20 Å². The number of carbonyl (C=O) groups excluding carboxylic acids is 1. The maximum atomic E-state index is 11.7. The van der Waals surface area contributed by atoms with Crippen LogP contribution in [0, 0.1) is 0 Å². The van der Waals surface area contributed by atoms with Crippen molar-refractivity contribution in [2.75, 3.05) is 24.3 Å². The molecule has 2 aromatic heterocycles. The van der Waals surface area contributed by atoms with Crippen LogP contribution >= 0.6 is 0 Å². The van der Waals surface area contributed by atoms with Gasteiger partial charge in [-0.2, -0.15) is 5.10 Å². The molecule has 0 aliphatic carbocycles. The van der Waals surface area contributed by atoms with Crippen LogP contribution < -0.4 is 10.2 Å². The number of carbonyl (C=O) groups is 1. The molecule has 1 aliphatic heterocycles. The zero-order valence-electron chi connectivity index (χ0n) is 10.8. The second kappa shape index (κ2) is 4.38. The summed E-state index contributed by atoms with van der Waals surface area (Å²) >= 11 is 0. The van der Waals surface area contributed by atoms with Gasteiger partial charge in [0.1, 0.15) is 11.6 Å². The average Bonchev–Trinajstić information content (AvgIpc) is 2.85. The normalized spacial score (nSPS) is 17.8. The molecule has 0 saturated carbocycles. The Bertz CT molecular complexity index is 602. The van der Waals surface area contributed by atoms with Crippen molar-refractivity contribution in [2.45, 2.75) is 12.3 Å². The average molecular weight is 257 g/mol. The topological polar surface area (TPSA) is 73.9 Å². The molecule has 0 bridgehead atoms. The summed E-state index contributed by atoms with van der Waals surface area (Å²) in [4.78, 5) is 18.0. The number of rotatable bonds is 2. The first-order valence-corrected chi connectivity index (χ1v) is 6.11. The minimum atomic E-state index is -0.00145. The Morgan fingerprint density at radius 3 is 2.84 bits per heavy atom. The molecule has 2 aromatic rings. The van der Waals surface area contributed by atoms with Gasteiger partial charge in [-0.1, -0.05) is 6.07 Å². The number of aromatic nitrogens is 3. The number of amides is 1. The summed E-state index contributed by atoms with van der Waals surface area (Å²) in [5.74, 6) is 1.61. The standard InChI is InChI=1S/C13H15N5O/c1-18(2)11-4-3-8(6-14-11)9-5-12(19)16-13-10(9)7-15-17-13/h3-4,6-7,9H,5H2,1-2H3,(H2,15,16,17,19). The second-order valence-corrected chi connectivity index (χ2v) is 4.85. The van der Waals surface area contributed by atoms with Gasteiger partial charge in [0.25, 0.3) is 0 Å². The van der Waals surface area contributed by atoms with Crippen molar-refractivity contribution in [2.24, 2.45) is 0 Å². The van der Waals surface area contributed by atoms with Crippen LogP contribution in [0.25, 0.3) is 0 Å². The largest absolute Gasteiger partial charge is 0.363 e. The molecule has 0 saturated heterocycles. The molecule has 19 heavy (non-hydrogen) atoms. The van der Waals surface area contributed by atoms with E-state index in [-0.39, 0.29) is 11.8 Å². The molecule has 1 amide bonds. The first kappa shape index (κ1) is 11.7. The number of fused-ring (bicyclic) bond motifs is 1. The van der Waals surface area contributed by atoms with E-state index >= 15 is 0 Å². The first-order chi connectivity index (χ1) is 9.15. The highest BCUT2D eigenvalue weighted by atomic mass is 16.1. The van der Waals surface area contributed by atoms with Crippen molar-refractivity contribution in [1.29, 1.82) is 0 Å². The lowest BCUT2D eigenvalue weighted by atomic mass is 9.88. The number of hydrogen-bond acceptors (Lipinski definition) is 4. The third-order valence-electron chi connectivity index (χ3n) is 3.33. The summed E-state index contributed by atoms with van der Waals surface area (Å²) in [5.41, 5.74) is 2.04. The van der Waals surface area contributed by atoms with E-state index < -0.39 is 0 Å². The van der Waals surface area contributed by atoms with E-state index in [9.17, 15) is 4.79 Å². The molecule has 0 spiro atoms. The van der Waals surface area contributed by atoms with Crippen LogP contribution in [-0.4, -0.2) is 35.2 Å². The number of aromatic amines is 1. The third kappa shape index (κ3) is 2.05. The van der Waals surface area contributed by atoms with Crippen LogP contribution in [0.3, 0.4) is 0 Å². The SMILES string of the molecule is CN(C)c1ccc(C2CC(=O)Nc3[nH]ncc32)cn1. The lowest BCUT2D eigenvalue weighted by molar-refractivity contribution is -0.116. The Morgan fingerprint density at radius 2 is 2.16 bits per heavy atom. The lowest BCUT2D eigenvalue weighted by Crippen LogP contribution is -2.23. The summed E-state index contributed by atoms with van der Waals surface area (Å²) in [7, 11) is 3.90. The van der Waals surface area contributed by atoms with Crippen LogP contribution in [0.1, 0.15) is 23.5 Å². The smallest absolute Gasteiger partial charge is 0.226 e. The van der Waals surface area contributed by atoms with Crippen LogP contribution in [-0.2, 0) is 4.79 Å². The lowest BCUT2D eigenvalue weighted by Gasteiger charge is -2.22. The molecule has 1 unspecified atom stereocenters.